The van der Waals surface area contributed by atoms with Gasteiger partial charge < -0.3 is 14.4 Å². The maximum atomic E-state index is 13.0. The zero-order chi connectivity index (χ0) is 28.5. The Morgan fingerprint density at radius 2 is 1.98 bits per heavy atom. The topological polar surface area (TPSA) is 98.6 Å². The SMILES string of the molecule is Cc1cccc(NC(=O)OCC#Cc2cn([C@H](C)C[C@@H]3CC[C@H]([C@@H](C)C(=O)N(C)Cc4ccccc4)O3)nn2)c1. The lowest BCUT2D eigenvalue weighted by molar-refractivity contribution is -0.139. The first-order chi connectivity index (χ1) is 19.3. The number of carbonyl (C=O) groups is 2. The molecule has 4 rings (SSSR count). The molecule has 0 radical (unpaired) electrons. The third-order valence-electron chi connectivity index (χ3n) is 7.05. The second-order valence-electron chi connectivity index (χ2n) is 10.4. The van der Waals surface area contributed by atoms with E-state index < -0.39 is 6.09 Å². The number of carbonyl (C=O) groups excluding carboxylic acids is 2. The van der Waals surface area contributed by atoms with Gasteiger partial charge in [-0.2, -0.15) is 0 Å². The number of nitrogens with zero attached hydrogens (tertiary/aromatic N) is 4. The lowest BCUT2D eigenvalue weighted by Crippen LogP contribution is -2.37. The Bertz CT molecular complexity index is 1350. The van der Waals surface area contributed by atoms with Gasteiger partial charge in [0.15, 0.2) is 12.3 Å². The van der Waals surface area contributed by atoms with Gasteiger partial charge in [-0.25, -0.2) is 9.48 Å². The highest BCUT2D eigenvalue weighted by atomic mass is 16.5. The molecular weight excluding hydrogens is 506 g/mol. The van der Waals surface area contributed by atoms with Crippen molar-refractivity contribution in [2.24, 2.45) is 5.92 Å². The van der Waals surface area contributed by atoms with Gasteiger partial charge in [0.25, 0.3) is 0 Å². The first kappa shape index (κ1) is 28.8. The van der Waals surface area contributed by atoms with Gasteiger partial charge in [0, 0.05) is 19.3 Å². The molecule has 2 aromatic carbocycles. The first-order valence-corrected chi connectivity index (χ1v) is 13.6. The van der Waals surface area contributed by atoms with Crippen molar-refractivity contribution in [3.8, 4) is 11.8 Å². The van der Waals surface area contributed by atoms with E-state index in [0.29, 0.717) is 17.9 Å². The van der Waals surface area contributed by atoms with E-state index in [4.69, 9.17) is 9.47 Å². The zero-order valence-electron chi connectivity index (χ0n) is 23.5. The van der Waals surface area contributed by atoms with E-state index in [1.807, 2.05) is 69.4 Å². The van der Waals surface area contributed by atoms with Crippen molar-refractivity contribution < 1.29 is 19.1 Å². The molecule has 3 aromatic rings. The summed E-state index contributed by atoms with van der Waals surface area (Å²) in [5.74, 6) is 5.57. The van der Waals surface area contributed by atoms with Crippen molar-refractivity contribution in [2.75, 3.05) is 19.0 Å². The summed E-state index contributed by atoms with van der Waals surface area (Å²) in [6.07, 6.45) is 3.69. The van der Waals surface area contributed by atoms with Gasteiger partial charge in [-0.1, -0.05) is 60.5 Å². The van der Waals surface area contributed by atoms with Crippen LogP contribution in [0.3, 0.4) is 0 Å². The molecule has 1 aromatic heterocycles. The number of nitrogens with one attached hydrogen (secondary N) is 1. The first-order valence-electron chi connectivity index (χ1n) is 13.6. The van der Waals surface area contributed by atoms with Crippen LogP contribution in [0.15, 0.2) is 60.8 Å². The van der Waals surface area contributed by atoms with E-state index in [1.165, 1.54) is 0 Å². The van der Waals surface area contributed by atoms with E-state index in [-0.39, 0.29) is 36.7 Å². The van der Waals surface area contributed by atoms with Crippen LogP contribution in [0, 0.1) is 24.7 Å². The molecule has 2 heterocycles. The quantitative estimate of drug-likeness (QED) is 0.382. The molecule has 1 N–H and O–H groups in total. The Hall–Kier alpha value is -4.16. The van der Waals surface area contributed by atoms with Crippen molar-refractivity contribution in [1.29, 1.82) is 0 Å². The summed E-state index contributed by atoms with van der Waals surface area (Å²) in [5, 5.41) is 11.0. The number of hydrogen-bond acceptors (Lipinski definition) is 6. The zero-order valence-corrected chi connectivity index (χ0v) is 23.5. The number of aromatic nitrogens is 3. The number of rotatable bonds is 9. The fourth-order valence-corrected chi connectivity index (χ4v) is 4.86. The summed E-state index contributed by atoms with van der Waals surface area (Å²) in [5.41, 5.74) is 3.32. The fourth-order valence-electron chi connectivity index (χ4n) is 4.86. The summed E-state index contributed by atoms with van der Waals surface area (Å²) in [4.78, 5) is 26.7. The summed E-state index contributed by atoms with van der Waals surface area (Å²) in [6, 6.07) is 17.5. The Labute approximate surface area is 235 Å². The number of hydrogen-bond donors (Lipinski definition) is 1. The van der Waals surface area contributed by atoms with Gasteiger partial charge in [-0.05, 0) is 62.3 Å². The van der Waals surface area contributed by atoms with Gasteiger partial charge in [0.2, 0.25) is 5.91 Å². The molecule has 0 aliphatic carbocycles. The highest BCUT2D eigenvalue weighted by Gasteiger charge is 2.35. The highest BCUT2D eigenvalue weighted by molar-refractivity contribution is 5.84. The van der Waals surface area contributed by atoms with Crippen LogP contribution < -0.4 is 5.32 Å². The summed E-state index contributed by atoms with van der Waals surface area (Å²) >= 11 is 0. The standard InChI is InChI=1S/C31H37N5O4/c1-22-10-8-13-26(18-22)32-31(38)39-17-9-14-27-21-36(34-33-27)23(2)19-28-15-16-29(40-28)24(3)30(37)35(4)20-25-11-6-5-7-12-25/h5-8,10-13,18,21,23-24,28-29H,15-17,19-20H2,1-4H3,(H,32,38)/t23-,24-,28+,29-/m1/s1. The number of amides is 2. The molecule has 1 fully saturated rings. The Balaban J connectivity index is 1.20. The minimum Gasteiger partial charge on any atom is -0.436 e. The molecular formula is C31H37N5O4. The van der Waals surface area contributed by atoms with Crippen LogP contribution in [-0.2, 0) is 20.8 Å². The van der Waals surface area contributed by atoms with Crippen molar-refractivity contribution >= 4 is 17.7 Å². The summed E-state index contributed by atoms with van der Waals surface area (Å²) in [6.45, 7) is 6.49. The third kappa shape index (κ3) is 8.17. The largest absolute Gasteiger partial charge is 0.436 e. The van der Waals surface area contributed by atoms with Gasteiger partial charge >= 0.3 is 6.09 Å². The summed E-state index contributed by atoms with van der Waals surface area (Å²) < 4.78 is 13.2. The fraction of sp³-hybridized carbons (Fsp3) is 0.419. The van der Waals surface area contributed by atoms with Crippen LogP contribution in [0.1, 0.15) is 56.0 Å². The monoisotopic (exact) mass is 543 g/mol. The normalized spacial score (nSPS) is 17.8. The van der Waals surface area contributed by atoms with E-state index in [9.17, 15) is 9.59 Å². The third-order valence-corrected chi connectivity index (χ3v) is 7.05. The molecule has 9 heteroatoms. The van der Waals surface area contributed by atoms with E-state index >= 15 is 0 Å². The minimum atomic E-state index is -0.564. The molecule has 1 saturated heterocycles. The van der Waals surface area contributed by atoms with Crippen molar-refractivity contribution in [3.05, 3.63) is 77.6 Å². The molecule has 0 unspecified atom stereocenters. The van der Waals surface area contributed by atoms with Crippen molar-refractivity contribution in [3.63, 3.8) is 0 Å². The van der Waals surface area contributed by atoms with Crippen molar-refractivity contribution in [1.82, 2.24) is 19.9 Å². The molecule has 4 atom stereocenters. The predicted molar refractivity (Wildman–Crippen MR) is 152 cm³/mol. The average molecular weight is 544 g/mol. The van der Waals surface area contributed by atoms with Gasteiger partial charge in [0.1, 0.15) is 0 Å². The molecule has 210 valence electrons. The summed E-state index contributed by atoms with van der Waals surface area (Å²) in [7, 11) is 1.85. The number of aryl methyl sites for hydroxylation is 1. The molecule has 0 saturated carbocycles. The van der Waals surface area contributed by atoms with E-state index in [1.54, 1.807) is 21.8 Å². The molecule has 1 aliphatic heterocycles. The average Bonchev–Trinajstić information content (AvgIpc) is 3.61. The van der Waals surface area contributed by atoms with Crippen LogP contribution >= 0.6 is 0 Å². The van der Waals surface area contributed by atoms with Crippen LogP contribution in [0.25, 0.3) is 0 Å². The van der Waals surface area contributed by atoms with Crippen LogP contribution in [0.5, 0.6) is 0 Å². The second kappa shape index (κ2) is 13.8. The van der Waals surface area contributed by atoms with Gasteiger partial charge in [-0.3, -0.25) is 10.1 Å². The maximum absolute atomic E-state index is 13.0. The van der Waals surface area contributed by atoms with E-state index in [2.05, 4.69) is 34.4 Å². The lowest BCUT2D eigenvalue weighted by Gasteiger charge is -2.26. The lowest BCUT2D eigenvalue weighted by atomic mass is 9.99. The Morgan fingerprint density at radius 1 is 1.18 bits per heavy atom. The predicted octanol–water partition coefficient (Wildman–Crippen LogP) is 4.98. The smallest absolute Gasteiger partial charge is 0.412 e. The number of ether oxygens (including phenoxy) is 2. The molecule has 1 aliphatic rings. The Kier molecular flexibility index (Phi) is 9.92. The number of benzene rings is 2. The van der Waals surface area contributed by atoms with Crippen LogP contribution in [-0.4, -0.2) is 57.8 Å². The maximum Gasteiger partial charge on any atom is 0.412 e. The molecule has 0 spiro atoms. The number of anilines is 1. The van der Waals surface area contributed by atoms with Gasteiger partial charge in [-0.15, -0.1) is 5.10 Å². The molecule has 9 nitrogen and oxygen atoms in total. The Morgan fingerprint density at radius 3 is 2.75 bits per heavy atom. The minimum absolute atomic E-state index is 0.0497. The van der Waals surface area contributed by atoms with Crippen LogP contribution in [0.2, 0.25) is 0 Å². The molecule has 2 amide bonds. The van der Waals surface area contributed by atoms with Crippen LogP contribution in [0.4, 0.5) is 10.5 Å². The molecule has 40 heavy (non-hydrogen) atoms. The second-order valence-corrected chi connectivity index (χ2v) is 10.4. The van der Waals surface area contributed by atoms with Gasteiger partial charge in [0.05, 0.1) is 30.4 Å². The van der Waals surface area contributed by atoms with E-state index in [0.717, 1.165) is 30.4 Å². The highest BCUT2D eigenvalue weighted by Crippen LogP contribution is 2.31. The van der Waals surface area contributed by atoms with Crippen molar-refractivity contribution in [2.45, 2.75) is 64.8 Å². The molecule has 0 bridgehead atoms.